The molecule has 0 fully saturated rings. The van der Waals surface area contributed by atoms with Gasteiger partial charge in [0.1, 0.15) is 5.69 Å². The lowest BCUT2D eigenvalue weighted by Gasteiger charge is -2.23. The van der Waals surface area contributed by atoms with Crippen molar-refractivity contribution in [2.45, 2.75) is 52.2 Å². The molecule has 0 aromatic carbocycles. The highest BCUT2D eigenvalue weighted by atomic mass is 79.9. The second kappa shape index (κ2) is 6.57. The molecule has 0 aliphatic carbocycles. The molecule has 5 heteroatoms. The molecule has 0 saturated heterocycles. The predicted octanol–water partition coefficient (Wildman–Crippen LogP) is 3.11. The van der Waals surface area contributed by atoms with Crippen molar-refractivity contribution in [1.82, 2.24) is 9.88 Å². The summed E-state index contributed by atoms with van der Waals surface area (Å²) in [5.41, 5.74) is -0.245. The van der Waals surface area contributed by atoms with Gasteiger partial charge in [-0.1, -0.05) is 13.3 Å². The van der Waals surface area contributed by atoms with Crippen LogP contribution in [0.2, 0.25) is 0 Å². The summed E-state index contributed by atoms with van der Waals surface area (Å²) < 4.78 is 2.79. The largest absolute Gasteiger partial charge is 0.388 e. The number of carbonyl (C=O) groups excluding carboxylic acids is 1. The summed E-state index contributed by atoms with van der Waals surface area (Å²) in [6.45, 7) is 8.07. The van der Waals surface area contributed by atoms with E-state index in [1.807, 2.05) is 31.5 Å². The number of halogens is 1. The Bertz CT molecular complexity index is 439. The first-order chi connectivity index (χ1) is 8.76. The molecule has 1 rings (SSSR count). The third-order valence-corrected chi connectivity index (χ3v) is 3.46. The first-order valence-corrected chi connectivity index (χ1v) is 7.44. The zero-order valence-corrected chi connectivity index (χ0v) is 13.6. The molecule has 0 bridgehead atoms. The fraction of sp³-hybridized carbons (Fsp3) is 0.643. The maximum atomic E-state index is 12.2. The smallest absolute Gasteiger partial charge is 0.268 e. The molecule has 1 heterocycles. The Morgan fingerprint density at radius 3 is 2.74 bits per heavy atom. The Hall–Kier alpha value is -0.810. The van der Waals surface area contributed by atoms with Crippen LogP contribution in [0, 0.1) is 0 Å². The van der Waals surface area contributed by atoms with E-state index in [0.717, 1.165) is 10.9 Å². The van der Waals surface area contributed by atoms with E-state index >= 15 is 0 Å². The van der Waals surface area contributed by atoms with Crippen LogP contribution in [-0.4, -0.2) is 27.7 Å². The van der Waals surface area contributed by atoms with Gasteiger partial charge in [-0.2, -0.15) is 0 Å². The van der Waals surface area contributed by atoms with Gasteiger partial charge in [-0.3, -0.25) is 4.79 Å². The fourth-order valence-electron chi connectivity index (χ4n) is 2.04. The van der Waals surface area contributed by atoms with Crippen LogP contribution in [0.15, 0.2) is 16.7 Å². The molecule has 1 aromatic rings. The Morgan fingerprint density at radius 1 is 1.58 bits per heavy atom. The topological polar surface area (TPSA) is 54.3 Å². The van der Waals surface area contributed by atoms with Crippen molar-refractivity contribution in [3.8, 4) is 0 Å². The summed E-state index contributed by atoms with van der Waals surface area (Å²) in [6.07, 6.45) is 3.45. The van der Waals surface area contributed by atoms with E-state index in [0.29, 0.717) is 12.1 Å². The van der Waals surface area contributed by atoms with Crippen LogP contribution in [0.5, 0.6) is 0 Å². The maximum Gasteiger partial charge on any atom is 0.268 e. The maximum absolute atomic E-state index is 12.2. The summed E-state index contributed by atoms with van der Waals surface area (Å²) in [5.74, 6) is -0.157. The monoisotopic (exact) mass is 330 g/mol. The molecule has 0 aliphatic rings. The van der Waals surface area contributed by atoms with Crippen LogP contribution in [0.1, 0.15) is 57.1 Å². The van der Waals surface area contributed by atoms with E-state index in [2.05, 4.69) is 21.2 Å². The predicted molar refractivity (Wildman–Crippen MR) is 80.4 cm³/mol. The molecule has 1 amide bonds. The Labute approximate surface area is 123 Å². The molecule has 0 aliphatic heterocycles. The molecular formula is C14H23BrN2O2. The van der Waals surface area contributed by atoms with Gasteiger partial charge in [-0.15, -0.1) is 0 Å². The summed E-state index contributed by atoms with van der Waals surface area (Å²) in [5, 5.41) is 12.9. The van der Waals surface area contributed by atoms with Crippen LogP contribution in [0.3, 0.4) is 0 Å². The van der Waals surface area contributed by atoms with E-state index in [-0.39, 0.29) is 18.5 Å². The number of hydrogen-bond acceptors (Lipinski definition) is 2. The van der Waals surface area contributed by atoms with Crippen LogP contribution in [0.4, 0.5) is 0 Å². The third-order valence-electron chi connectivity index (χ3n) is 3.02. The number of aliphatic hydroxyl groups is 1. The minimum atomic E-state index is -0.850. The molecule has 0 spiro atoms. The summed E-state index contributed by atoms with van der Waals surface area (Å²) in [6, 6.07) is 2.01. The molecule has 1 unspecified atom stereocenters. The molecular weight excluding hydrogens is 308 g/mol. The van der Waals surface area contributed by atoms with E-state index in [1.165, 1.54) is 0 Å². The van der Waals surface area contributed by atoms with Crippen LogP contribution < -0.4 is 5.32 Å². The number of rotatable bonds is 6. The van der Waals surface area contributed by atoms with Gasteiger partial charge in [0.25, 0.3) is 5.91 Å². The van der Waals surface area contributed by atoms with Crippen molar-refractivity contribution in [1.29, 1.82) is 0 Å². The van der Waals surface area contributed by atoms with Crippen LogP contribution >= 0.6 is 15.9 Å². The highest BCUT2D eigenvalue weighted by Gasteiger charge is 2.22. The zero-order valence-electron chi connectivity index (χ0n) is 12.0. The first-order valence-electron chi connectivity index (χ1n) is 6.65. The minimum Gasteiger partial charge on any atom is -0.388 e. The van der Waals surface area contributed by atoms with Gasteiger partial charge >= 0.3 is 0 Å². The SMILES string of the molecule is CCCC(C)(O)CNC(=O)c1cc(Br)cn1C(C)C. The van der Waals surface area contributed by atoms with Gasteiger partial charge < -0.3 is 15.0 Å². The van der Waals surface area contributed by atoms with Gasteiger partial charge in [0.2, 0.25) is 0 Å². The van der Waals surface area contributed by atoms with Crippen molar-refractivity contribution in [2.75, 3.05) is 6.54 Å². The highest BCUT2D eigenvalue weighted by molar-refractivity contribution is 9.10. The third kappa shape index (κ3) is 4.66. The minimum absolute atomic E-state index is 0.157. The van der Waals surface area contributed by atoms with E-state index in [9.17, 15) is 9.90 Å². The van der Waals surface area contributed by atoms with Crippen molar-refractivity contribution < 1.29 is 9.90 Å². The normalized spacial score (nSPS) is 14.5. The molecule has 2 N–H and O–H groups in total. The Balaban J connectivity index is 2.74. The molecule has 108 valence electrons. The van der Waals surface area contributed by atoms with Gasteiger partial charge in [0.15, 0.2) is 0 Å². The number of carbonyl (C=O) groups is 1. The van der Waals surface area contributed by atoms with Crippen molar-refractivity contribution in [2.24, 2.45) is 0 Å². The standard InChI is InChI=1S/C14H23BrN2O2/c1-5-6-14(4,19)9-16-13(18)12-7-11(15)8-17(12)10(2)3/h7-8,10,19H,5-6,9H2,1-4H3,(H,16,18). The van der Waals surface area contributed by atoms with Crippen molar-refractivity contribution in [3.05, 3.63) is 22.4 Å². The first kappa shape index (κ1) is 16.2. The van der Waals surface area contributed by atoms with Crippen LogP contribution in [-0.2, 0) is 0 Å². The zero-order chi connectivity index (χ0) is 14.6. The number of nitrogens with zero attached hydrogens (tertiary/aromatic N) is 1. The quantitative estimate of drug-likeness (QED) is 0.841. The Kier molecular flexibility index (Phi) is 5.62. The summed E-state index contributed by atoms with van der Waals surface area (Å²) in [4.78, 5) is 12.2. The molecule has 4 nitrogen and oxygen atoms in total. The van der Waals surface area contributed by atoms with Crippen molar-refractivity contribution >= 4 is 21.8 Å². The van der Waals surface area contributed by atoms with Crippen LogP contribution in [0.25, 0.3) is 0 Å². The highest BCUT2D eigenvalue weighted by Crippen LogP contribution is 2.19. The van der Waals surface area contributed by atoms with E-state index in [4.69, 9.17) is 0 Å². The summed E-state index contributed by atoms with van der Waals surface area (Å²) >= 11 is 3.38. The molecule has 0 radical (unpaired) electrons. The average molecular weight is 331 g/mol. The molecule has 19 heavy (non-hydrogen) atoms. The van der Waals surface area contributed by atoms with Crippen molar-refractivity contribution in [3.63, 3.8) is 0 Å². The number of amides is 1. The lowest BCUT2D eigenvalue weighted by atomic mass is 10.0. The second-order valence-electron chi connectivity index (χ2n) is 5.47. The lowest BCUT2D eigenvalue weighted by molar-refractivity contribution is 0.0467. The Morgan fingerprint density at radius 2 is 2.21 bits per heavy atom. The van der Waals surface area contributed by atoms with Gasteiger partial charge in [-0.25, -0.2) is 0 Å². The van der Waals surface area contributed by atoms with Gasteiger partial charge in [0, 0.05) is 23.3 Å². The molecule has 1 atom stereocenters. The summed E-state index contributed by atoms with van der Waals surface area (Å²) in [7, 11) is 0. The number of nitrogens with one attached hydrogen (secondary N) is 1. The number of hydrogen-bond donors (Lipinski definition) is 2. The fourth-order valence-corrected chi connectivity index (χ4v) is 2.48. The molecule has 0 saturated carbocycles. The molecule has 1 aromatic heterocycles. The second-order valence-corrected chi connectivity index (χ2v) is 6.39. The van der Waals surface area contributed by atoms with Gasteiger partial charge in [0.05, 0.1) is 5.60 Å². The van der Waals surface area contributed by atoms with E-state index in [1.54, 1.807) is 13.0 Å². The van der Waals surface area contributed by atoms with E-state index < -0.39 is 5.60 Å². The average Bonchev–Trinajstić information content (AvgIpc) is 2.68. The van der Waals surface area contributed by atoms with Gasteiger partial charge in [-0.05, 0) is 49.2 Å². The number of aromatic nitrogens is 1. The lowest BCUT2D eigenvalue weighted by Crippen LogP contribution is -2.41.